The number of carbonyl (C=O) groups excluding carboxylic acids is 1. The smallest absolute Gasteiger partial charge is 0.277 e. The highest BCUT2D eigenvalue weighted by molar-refractivity contribution is 9.11. The summed E-state index contributed by atoms with van der Waals surface area (Å²) in [7, 11) is 0. The van der Waals surface area contributed by atoms with Crippen LogP contribution in [0.1, 0.15) is 16.7 Å². The van der Waals surface area contributed by atoms with Gasteiger partial charge >= 0.3 is 0 Å². The van der Waals surface area contributed by atoms with Gasteiger partial charge in [-0.2, -0.15) is 5.10 Å². The van der Waals surface area contributed by atoms with Crippen LogP contribution in [0.4, 0.5) is 0 Å². The van der Waals surface area contributed by atoms with Crippen molar-refractivity contribution in [2.75, 3.05) is 6.61 Å². The summed E-state index contributed by atoms with van der Waals surface area (Å²) in [6.07, 6.45) is 1.26. The van der Waals surface area contributed by atoms with Crippen LogP contribution in [0.2, 0.25) is 0 Å². The maximum absolute atomic E-state index is 11.9. The van der Waals surface area contributed by atoms with E-state index in [1.54, 1.807) is 0 Å². The van der Waals surface area contributed by atoms with E-state index in [1.165, 1.54) is 12.3 Å². The molecule has 0 aliphatic rings. The molecular formula is C17H15Br3N2O4. The summed E-state index contributed by atoms with van der Waals surface area (Å²) in [4.78, 5) is 11.9. The number of carbonyl (C=O) groups is 1. The zero-order valence-corrected chi connectivity index (χ0v) is 18.6. The second-order valence-corrected chi connectivity index (χ2v) is 7.94. The Kier molecular flexibility index (Phi) is 7.08. The lowest BCUT2D eigenvalue weighted by atomic mass is 10.1. The van der Waals surface area contributed by atoms with Crippen molar-refractivity contribution in [2.24, 2.45) is 5.10 Å². The van der Waals surface area contributed by atoms with Crippen LogP contribution < -0.4 is 10.2 Å². The number of aryl methyl sites for hydroxylation is 2. The Hall–Kier alpha value is -1.58. The molecule has 0 saturated heterocycles. The third kappa shape index (κ3) is 4.99. The topological polar surface area (TPSA) is 91.2 Å². The molecule has 0 aliphatic carbocycles. The van der Waals surface area contributed by atoms with Gasteiger partial charge in [0.15, 0.2) is 6.61 Å². The van der Waals surface area contributed by atoms with Crippen molar-refractivity contribution >= 4 is 59.9 Å². The number of hydrogen-bond donors (Lipinski definition) is 3. The number of hydrogen-bond acceptors (Lipinski definition) is 5. The van der Waals surface area contributed by atoms with E-state index in [4.69, 9.17) is 4.74 Å². The summed E-state index contributed by atoms with van der Waals surface area (Å²) in [5.74, 6) is -0.182. The predicted octanol–water partition coefficient (Wildman–Crippen LogP) is 4.53. The molecule has 0 aromatic heterocycles. The van der Waals surface area contributed by atoms with Crippen LogP contribution in [-0.4, -0.2) is 28.9 Å². The largest absolute Gasteiger partial charge is 0.506 e. The molecule has 2 aromatic rings. The molecule has 0 atom stereocenters. The number of hydrazone groups is 1. The summed E-state index contributed by atoms with van der Waals surface area (Å²) in [6, 6.07) is 5.33. The average molecular weight is 551 g/mol. The van der Waals surface area contributed by atoms with Crippen LogP contribution >= 0.6 is 47.8 Å². The number of halogens is 3. The summed E-state index contributed by atoms with van der Waals surface area (Å²) in [5.41, 5.74) is 4.62. The molecule has 138 valence electrons. The average Bonchev–Trinajstić information content (AvgIpc) is 2.56. The van der Waals surface area contributed by atoms with E-state index in [9.17, 15) is 15.0 Å². The fourth-order valence-corrected chi connectivity index (χ4v) is 4.09. The van der Waals surface area contributed by atoms with Crippen LogP contribution in [0.3, 0.4) is 0 Å². The number of rotatable bonds is 5. The SMILES string of the molecule is Cc1cc(C)c(OCC(=O)NN=Cc2cc(Br)c(O)c(Br)c2O)c(Br)c1. The summed E-state index contributed by atoms with van der Waals surface area (Å²) < 4.78 is 6.81. The number of nitrogens with one attached hydrogen (secondary N) is 1. The molecule has 9 heteroatoms. The fraction of sp³-hybridized carbons (Fsp3) is 0.176. The van der Waals surface area contributed by atoms with E-state index < -0.39 is 5.91 Å². The number of phenolic OH excluding ortho intramolecular Hbond substituents is 2. The molecule has 6 nitrogen and oxygen atoms in total. The molecule has 2 rings (SSSR count). The third-order valence-electron chi connectivity index (χ3n) is 3.31. The highest BCUT2D eigenvalue weighted by Gasteiger charge is 2.13. The molecule has 0 unspecified atom stereocenters. The van der Waals surface area contributed by atoms with Gasteiger partial charge in [-0.1, -0.05) is 6.07 Å². The van der Waals surface area contributed by atoms with Crippen molar-refractivity contribution in [3.05, 3.63) is 48.3 Å². The van der Waals surface area contributed by atoms with Gasteiger partial charge in [0.2, 0.25) is 0 Å². The van der Waals surface area contributed by atoms with Crippen molar-refractivity contribution in [1.29, 1.82) is 0 Å². The van der Waals surface area contributed by atoms with E-state index in [0.717, 1.165) is 15.6 Å². The summed E-state index contributed by atoms with van der Waals surface area (Å²) >= 11 is 9.64. The lowest BCUT2D eigenvalue weighted by Crippen LogP contribution is -2.24. The van der Waals surface area contributed by atoms with E-state index in [0.29, 0.717) is 15.8 Å². The minimum Gasteiger partial charge on any atom is -0.506 e. The van der Waals surface area contributed by atoms with Gasteiger partial charge in [-0.05, 0) is 84.9 Å². The van der Waals surface area contributed by atoms with Crippen LogP contribution in [-0.2, 0) is 4.79 Å². The number of aromatic hydroxyl groups is 2. The monoisotopic (exact) mass is 548 g/mol. The maximum Gasteiger partial charge on any atom is 0.277 e. The van der Waals surface area contributed by atoms with Gasteiger partial charge in [0, 0.05) is 5.56 Å². The molecule has 0 aliphatic heterocycles. The van der Waals surface area contributed by atoms with E-state index in [1.807, 2.05) is 26.0 Å². The number of ether oxygens (including phenoxy) is 1. The fourth-order valence-electron chi connectivity index (χ4n) is 2.14. The van der Waals surface area contributed by atoms with Gasteiger partial charge in [0.1, 0.15) is 21.7 Å². The lowest BCUT2D eigenvalue weighted by molar-refractivity contribution is -0.123. The molecule has 0 heterocycles. The molecule has 0 spiro atoms. The summed E-state index contributed by atoms with van der Waals surface area (Å²) in [5, 5.41) is 23.4. The molecule has 0 radical (unpaired) electrons. The van der Waals surface area contributed by atoms with Gasteiger partial charge in [-0.25, -0.2) is 5.43 Å². The van der Waals surface area contributed by atoms with Gasteiger partial charge in [0.25, 0.3) is 5.91 Å². The third-order valence-corrected chi connectivity index (χ3v) is 5.26. The van der Waals surface area contributed by atoms with Crippen LogP contribution in [0, 0.1) is 13.8 Å². The Morgan fingerprint density at radius 3 is 2.50 bits per heavy atom. The number of phenols is 2. The Morgan fingerprint density at radius 1 is 1.15 bits per heavy atom. The number of benzene rings is 2. The first-order chi connectivity index (χ1) is 12.2. The van der Waals surface area contributed by atoms with Gasteiger partial charge in [-0.3, -0.25) is 4.79 Å². The van der Waals surface area contributed by atoms with Gasteiger partial charge in [0.05, 0.1) is 15.2 Å². The lowest BCUT2D eigenvalue weighted by Gasteiger charge is -2.11. The minimum absolute atomic E-state index is 0.127. The molecule has 0 saturated carbocycles. The minimum atomic E-state index is -0.454. The van der Waals surface area contributed by atoms with Gasteiger partial charge in [-0.15, -0.1) is 0 Å². The Labute approximate surface area is 175 Å². The number of nitrogens with zero attached hydrogens (tertiary/aromatic N) is 1. The van der Waals surface area contributed by atoms with Crippen LogP contribution in [0.25, 0.3) is 0 Å². The van der Waals surface area contributed by atoms with Gasteiger partial charge < -0.3 is 14.9 Å². The van der Waals surface area contributed by atoms with E-state index in [-0.39, 0.29) is 22.6 Å². The standard InChI is InChI=1S/C17H15Br3N2O4/c1-8-3-9(2)17(12(19)4-8)26-7-13(23)22-21-6-10-5-11(18)16(25)14(20)15(10)24/h3-6,24-25H,7H2,1-2H3,(H,22,23). The predicted molar refractivity (Wildman–Crippen MR) is 110 cm³/mol. The number of amides is 1. The van der Waals surface area contributed by atoms with Crippen molar-refractivity contribution < 1.29 is 19.7 Å². The Bertz CT molecular complexity index is 862. The maximum atomic E-state index is 11.9. The first kappa shape index (κ1) is 20.7. The van der Waals surface area contributed by atoms with Crippen LogP contribution in [0.5, 0.6) is 17.2 Å². The molecule has 0 fully saturated rings. The van der Waals surface area contributed by atoms with Crippen molar-refractivity contribution in [3.63, 3.8) is 0 Å². The highest BCUT2D eigenvalue weighted by Crippen LogP contribution is 2.40. The second-order valence-electron chi connectivity index (χ2n) is 5.43. The quantitative estimate of drug-likeness (QED) is 0.377. The molecule has 1 amide bonds. The Balaban J connectivity index is 1.99. The van der Waals surface area contributed by atoms with Crippen molar-refractivity contribution in [3.8, 4) is 17.2 Å². The normalized spacial score (nSPS) is 11.0. The molecule has 2 aromatic carbocycles. The molecule has 0 bridgehead atoms. The van der Waals surface area contributed by atoms with Crippen molar-refractivity contribution in [1.82, 2.24) is 5.43 Å². The highest BCUT2D eigenvalue weighted by atomic mass is 79.9. The zero-order chi connectivity index (χ0) is 19.4. The molecule has 26 heavy (non-hydrogen) atoms. The van der Waals surface area contributed by atoms with E-state index >= 15 is 0 Å². The van der Waals surface area contributed by atoms with E-state index in [2.05, 4.69) is 58.3 Å². The molecule has 3 N–H and O–H groups in total. The molecular weight excluding hydrogens is 536 g/mol. The van der Waals surface area contributed by atoms with Crippen molar-refractivity contribution in [2.45, 2.75) is 13.8 Å². The van der Waals surface area contributed by atoms with Crippen LogP contribution in [0.15, 0.2) is 36.7 Å². The Morgan fingerprint density at radius 2 is 1.85 bits per heavy atom. The first-order valence-electron chi connectivity index (χ1n) is 7.32. The summed E-state index contributed by atoms with van der Waals surface area (Å²) in [6.45, 7) is 3.65. The second kappa shape index (κ2) is 8.88. The first-order valence-corrected chi connectivity index (χ1v) is 9.70. The zero-order valence-electron chi connectivity index (χ0n) is 13.8.